The number of carboxylic acid groups (broad SMARTS) is 1. The van der Waals surface area contributed by atoms with Gasteiger partial charge in [0.05, 0.1) is 23.4 Å². The summed E-state index contributed by atoms with van der Waals surface area (Å²) in [5, 5.41) is 21.8. The molecule has 1 fully saturated rings. The van der Waals surface area contributed by atoms with Crippen LogP contribution in [0.3, 0.4) is 0 Å². The normalized spacial score (nSPS) is 22.0. The van der Waals surface area contributed by atoms with Gasteiger partial charge in [-0.1, -0.05) is 15.9 Å². The lowest BCUT2D eigenvalue weighted by atomic mass is 9.95. The number of benzene rings is 1. The number of carbonyl (C=O) groups excluding carboxylic acids is 1. The van der Waals surface area contributed by atoms with E-state index in [9.17, 15) is 19.8 Å². The van der Waals surface area contributed by atoms with E-state index >= 15 is 0 Å². The molecule has 1 aliphatic heterocycles. The molecule has 0 aromatic heterocycles. The van der Waals surface area contributed by atoms with E-state index in [1.54, 1.807) is 13.0 Å². The maximum Gasteiger partial charge on any atom is 0.337 e. The molecule has 21 heavy (non-hydrogen) atoms. The number of carboxylic acids is 1. The monoisotopic (exact) mass is 356 g/mol. The molecule has 1 saturated heterocycles. The SMILES string of the molecule is CC1(O)CCCN(C(=O)Nc2ccc(Br)cc2C(=O)O)C1. The van der Waals surface area contributed by atoms with Gasteiger partial charge in [-0.15, -0.1) is 0 Å². The number of halogens is 1. The molecule has 3 N–H and O–H groups in total. The number of nitrogens with one attached hydrogen (secondary N) is 1. The molecule has 1 aromatic rings. The van der Waals surface area contributed by atoms with Crippen LogP contribution >= 0.6 is 15.9 Å². The zero-order valence-electron chi connectivity index (χ0n) is 11.6. The minimum Gasteiger partial charge on any atom is -0.478 e. The van der Waals surface area contributed by atoms with Crippen LogP contribution in [0.1, 0.15) is 30.1 Å². The predicted molar refractivity (Wildman–Crippen MR) is 81.6 cm³/mol. The molecule has 1 atom stereocenters. The molecule has 0 radical (unpaired) electrons. The predicted octanol–water partition coefficient (Wildman–Crippen LogP) is 2.53. The lowest BCUT2D eigenvalue weighted by molar-refractivity contribution is -0.000647. The molecule has 0 saturated carbocycles. The summed E-state index contributed by atoms with van der Waals surface area (Å²) in [5.41, 5.74) is -0.646. The third kappa shape index (κ3) is 3.95. The average Bonchev–Trinajstić information content (AvgIpc) is 2.39. The van der Waals surface area contributed by atoms with E-state index < -0.39 is 17.6 Å². The van der Waals surface area contributed by atoms with Crippen molar-refractivity contribution < 1.29 is 19.8 Å². The van der Waals surface area contributed by atoms with E-state index in [4.69, 9.17) is 0 Å². The smallest absolute Gasteiger partial charge is 0.337 e. The number of β-amino-alcohol motifs (C(OH)–C–C–N with tert-alkyl or cyclic N) is 1. The highest BCUT2D eigenvalue weighted by atomic mass is 79.9. The molecule has 7 heteroatoms. The molecule has 2 rings (SSSR count). The highest BCUT2D eigenvalue weighted by Gasteiger charge is 2.31. The molecule has 1 heterocycles. The molecule has 6 nitrogen and oxygen atoms in total. The second-order valence-corrected chi connectivity index (χ2v) is 6.36. The molecular formula is C14H17BrN2O4. The number of carbonyl (C=O) groups is 2. The first kappa shape index (κ1) is 15.8. The number of urea groups is 1. The minimum atomic E-state index is -1.11. The van der Waals surface area contributed by atoms with Gasteiger partial charge in [-0.05, 0) is 38.0 Å². The molecule has 1 unspecified atom stereocenters. The molecule has 2 amide bonds. The van der Waals surface area contributed by atoms with Gasteiger partial charge >= 0.3 is 12.0 Å². The van der Waals surface area contributed by atoms with Gasteiger partial charge in [0.15, 0.2) is 0 Å². The van der Waals surface area contributed by atoms with Gasteiger partial charge in [-0.3, -0.25) is 0 Å². The summed E-state index contributed by atoms with van der Waals surface area (Å²) >= 11 is 3.20. The van der Waals surface area contributed by atoms with Crippen LogP contribution in [-0.2, 0) is 0 Å². The van der Waals surface area contributed by atoms with Gasteiger partial charge in [0.1, 0.15) is 0 Å². The van der Waals surface area contributed by atoms with Crippen molar-refractivity contribution in [3.05, 3.63) is 28.2 Å². The Hall–Kier alpha value is -1.60. The number of aliphatic hydroxyl groups is 1. The quantitative estimate of drug-likeness (QED) is 0.759. The van der Waals surface area contributed by atoms with Crippen LogP contribution in [0.25, 0.3) is 0 Å². The number of hydrogen-bond donors (Lipinski definition) is 3. The Morgan fingerprint density at radius 2 is 2.14 bits per heavy atom. The van der Waals surface area contributed by atoms with Crippen LogP contribution in [0.4, 0.5) is 10.5 Å². The number of rotatable bonds is 2. The number of nitrogens with zero attached hydrogens (tertiary/aromatic N) is 1. The van der Waals surface area contributed by atoms with Crippen molar-refractivity contribution >= 4 is 33.6 Å². The number of amides is 2. The van der Waals surface area contributed by atoms with Crippen LogP contribution in [0.15, 0.2) is 22.7 Å². The Labute approximate surface area is 130 Å². The van der Waals surface area contributed by atoms with Crippen molar-refractivity contribution in [1.29, 1.82) is 0 Å². The van der Waals surface area contributed by atoms with Gasteiger partial charge in [0, 0.05) is 11.0 Å². The van der Waals surface area contributed by atoms with E-state index in [-0.39, 0.29) is 17.8 Å². The average molecular weight is 357 g/mol. The molecule has 0 aliphatic carbocycles. The summed E-state index contributed by atoms with van der Waals surface area (Å²) in [4.78, 5) is 24.9. The number of aromatic carboxylic acids is 1. The van der Waals surface area contributed by atoms with E-state index in [1.807, 2.05) is 0 Å². The molecule has 0 bridgehead atoms. The van der Waals surface area contributed by atoms with Crippen molar-refractivity contribution in [3.63, 3.8) is 0 Å². The fourth-order valence-corrected chi connectivity index (χ4v) is 2.75. The van der Waals surface area contributed by atoms with Gasteiger partial charge in [-0.25, -0.2) is 9.59 Å². The van der Waals surface area contributed by atoms with Crippen molar-refractivity contribution in [2.45, 2.75) is 25.4 Å². The van der Waals surface area contributed by atoms with Crippen molar-refractivity contribution in [2.24, 2.45) is 0 Å². The molecule has 1 aliphatic rings. The van der Waals surface area contributed by atoms with Gasteiger partial charge in [-0.2, -0.15) is 0 Å². The lowest BCUT2D eigenvalue weighted by Crippen LogP contribution is -2.50. The third-order valence-electron chi connectivity index (χ3n) is 3.42. The van der Waals surface area contributed by atoms with E-state index in [0.29, 0.717) is 23.9 Å². The van der Waals surface area contributed by atoms with Crippen molar-refractivity contribution in [3.8, 4) is 0 Å². The molecule has 1 aromatic carbocycles. The summed E-state index contributed by atoms with van der Waals surface area (Å²) in [6.07, 6.45) is 1.36. The van der Waals surface area contributed by atoms with Crippen LogP contribution in [0.5, 0.6) is 0 Å². The van der Waals surface area contributed by atoms with Gasteiger partial charge in [0.25, 0.3) is 0 Å². The first-order chi connectivity index (χ1) is 9.78. The second-order valence-electron chi connectivity index (χ2n) is 5.45. The van der Waals surface area contributed by atoms with E-state index in [1.165, 1.54) is 17.0 Å². The Kier molecular flexibility index (Phi) is 4.53. The summed E-state index contributed by atoms with van der Waals surface area (Å²) in [7, 11) is 0. The van der Waals surface area contributed by atoms with Crippen LogP contribution in [0.2, 0.25) is 0 Å². The minimum absolute atomic E-state index is 0.0153. The fraction of sp³-hybridized carbons (Fsp3) is 0.429. The highest BCUT2D eigenvalue weighted by molar-refractivity contribution is 9.10. The standard InChI is InChI=1S/C14H17BrN2O4/c1-14(21)5-2-6-17(8-14)13(20)16-11-4-3-9(15)7-10(11)12(18)19/h3-4,7,21H,2,5-6,8H2,1H3,(H,16,20)(H,18,19). The number of piperidine rings is 1. The Bertz CT molecular complexity index is 574. The van der Waals surface area contributed by atoms with Crippen molar-refractivity contribution in [1.82, 2.24) is 4.90 Å². The van der Waals surface area contributed by atoms with Gasteiger partial charge < -0.3 is 20.4 Å². The number of hydrogen-bond acceptors (Lipinski definition) is 3. The fourth-order valence-electron chi connectivity index (χ4n) is 2.39. The maximum absolute atomic E-state index is 12.2. The lowest BCUT2D eigenvalue weighted by Gasteiger charge is -2.36. The van der Waals surface area contributed by atoms with Crippen molar-refractivity contribution in [2.75, 3.05) is 18.4 Å². The second kappa shape index (κ2) is 6.03. The first-order valence-corrected chi connectivity index (χ1v) is 7.39. The molecular weight excluding hydrogens is 340 g/mol. The van der Waals surface area contributed by atoms with Crippen LogP contribution < -0.4 is 5.32 Å². The third-order valence-corrected chi connectivity index (χ3v) is 3.91. The van der Waals surface area contributed by atoms with Crippen LogP contribution in [-0.4, -0.2) is 45.8 Å². The first-order valence-electron chi connectivity index (χ1n) is 6.60. The number of anilines is 1. The number of likely N-dealkylation sites (tertiary alicyclic amines) is 1. The Morgan fingerprint density at radius 3 is 2.76 bits per heavy atom. The topological polar surface area (TPSA) is 89.9 Å². The van der Waals surface area contributed by atoms with Gasteiger partial charge in [0.2, 0.25) is 0 Å². The van der Waals surface area contributed by atoms with E-state index in [2.05, 4.69) is 21.2 Å². The summed E-state index contributed by atoms with van der Waals surface area (Å²) < 4.78 is 0.624. The zero-order chi connectivity index (χ0) is 15.6. The summed E-state index contributed by atoms with van der Waals surface area (Å²) in [6, 6.07) is 4.23. The Morgan fingerprint density at radius 1 is 1.43 bits per heavy atom. The van der Waals surface area contributed by atoms with E-state index in [0.717, 1.165) is 0 Å². The Balaban J connectivity index is 2.14. The highest BCUT2D eigenvalue weighted by Crippen LogP contribution is 2.24. The summed E-state index contributed by atoms with van der Waals surface area (Å²) in [5.74, 6) is -1.11. The van der Waals surface area contributed by atoms with Crippen LogP contribution in [0, 0.1) is 0 Å². The zero-order valence-corrected chi connectivity index (χ0v) is 13.2. The molecule has 114 valence electrons. The summed E-state index contributed by atoms with van der Waals surface area (Å²) in [6.45, 7) is 2.47. The largest absolute Gasteiger partial charge is 0.478 e. The molecule has 0 spiro atoms. The maximum atomic E-state index is 12.2.